The minimum absolute atomic E-state index is 0.409. The van der Waals surface area contributed by atoms with Crippen LogP contribution in [0, 0.1) is 13.8 Å². The number of ether oxygens (including phenoxy) is 2. The summed E-state index contributed by atoms with van der Waals surface area (Å²) in [5, 5.41) is 0. The molecule has 0 unspecified atom stereocenters. The highest BCUT2D eigenvalue weighted by molar-refractivity contribution is 5.75. The Hall–Kier alpha value is -3.53. The van der Waals surface area contributed by atoms with Crippen LogP contribution >= 0.6 is 0 Å². The van der Waals surface area contributed by atoms with Crippen LogP contribution in [0.15, 0.2) is 79.4 Å². The molecule has 4 heteroatoms. The molecule has 1 heterocycles. The first kappa shape index (κ1) is 20.7. The summed E-state index contributed by atoms with van der Waals surface area (Å²) < 4.78 is 14.5. The van der Waals surface area contributed by atoms with Gasteiger partial charge < -0.3 is 14.0 Å². The first-order valence-corrected chi connectivity index (χ1v) is 10.6. The molecule has 0 bridgehead atoms. The smallest absolute Gasteiger partial charge is 0.148 e. The van der Waals surface area contributed by atoms with E-state index in [1.807, 2.05) is 42.5 Å². The Morgan fingerprint density at radius 3 is 2.61 bits per heavy atom. The second-order valence-electron chi connectivity index (χ2n) is 7.67. The number of fused-ring (bicyclic) bond motifs is 1. The van der Waals surface area contributed by atoms with E-state index >= 15 is 0 Å². The van der Waals surface area contributed by atoms with E-state index in [1.54, 1.807) is 0 Å². The molecular weight excluding hydrogens is 384 g/mol. The van der Waals surface area contributed by atoms with E-state index in [4.69, 9.17) is 14.5 Å². The van der Waals surface area contributed by atoms with Gasteiger partial charge in [-0.2, -0.15) is 0 Å². The number of aryl methyl sites for hydroxylation is 2. The molecule has 0 amide bonds. The minimum Gasteiger partial charge on any atom is -0.491 e. The predicted octanol–water partition coefficient (Wildman–Crippen LogP) is 6.04. The van der Waals surface area contributed by atoms with Gasteiger partial charge in [0.25, 0.3) is 0 Å². The molecule has 0 saturated carbocycles. The largest absolute Gasteiger partial charge is 0.491 e. The lowest BCUT2D eigenvalue weighted by Crippen LogP contribution is -2.13. The number of nitrogens with zero attached hydrogens (tertiary/aromatic N) is 2. The summed E-state index contributed by atoms with van der Waals surface area (Å²) in [7, 11) is 0. The average Bonchev–Trinajstić information content (AvgIpc) is 3.13. The number of aromatic nitrogens is 2. The van der Waals surface area contributed by atoms with Gasteiger partial charge in [0, 0.05) is 0 Å². The fourth-order valence-corrected chi connectivity index (χ4v) is 3.71. The van der Waals surface area contributed by atoms with Crippen LogP contribution in [0.3, 0.4) is 0 Å². The van der Waals surface area contributed by atoms with Crippen LogP contribution in [-0.4, -0.2) is 16.2 Å². The van der Waals surface area contributed by atoms with Crippen molar-refractivity contribution in [1.82, 2.24) is 9.55 Å². The Morgan fingerprint density at radius 1 is 0.935 bits per heavy atom. The maximum atomic E-state index is 6.15. The molecule has 4 rings (SSSR count). The Bertz CT molecular complexity index is 1190. The molecule has 158 valence electrons. The van der Waals surface area contributed by atoms with Gasteiger partial charge in [-0.15, -0.1) is 6.58 Å². The molecule has 0 radical (unpaired) electrons. The third kappa shape index (κ3) is 4.80. The van der Waals surface area contributed by atoms with Crippen molar-refractivity contribution in [2.24, 2.45) is 0 Å². The molecule has 0 N–H and O–H groups in total. The fraction of sp³-hybridized carbons (Fsp3) is 0.222. The number of allylic oxidation sites excluding steroid dienone is 1. The molecule has 0 aliphatic heterocycles. The zero-order valence-corrected chi connectivity index (χ0v) is 18.2. The maximum absolute atomic E-state index is 6.15. The van der Waals surface area contributed by atoms with Gasteiger partial charge >= 0.3 is 0 Å². The topological polar surface area (TPSA) is 36.3 Å². The van der Waals surface area contributed by atoms with Crippen LogP contribution in [0.5, 0.6) is 11.5 Å². The zero-order chi connectivity index (χ0) is 21.6. The maximum Gasteiger partial charge on any atom is 0.148 e. The third-order valence-electron chi connectivity index (χ3n) is 5.34. The van der Waals surface area contributed by atoms with Gasteiger partial charge in [0.15, 0.2) is 0 Å². The molecule has 0 aliphatic carbocycles. The van der Waals surface area contributed by atoms with Crippen LogP contribution in [0.2, 0.25) is 0 Å². The molecule has 4 nitrogen and oxygen atoms in total. The predicted molar refractivity (Wildman–Crippen MR) is 126 cm³/mol. The summed E-state index contributed by atoms with van der Waals surface area (Å²) in [5.41, 5.74) is 5.50. The molecule has 0 saturated heterocycles. The summed E-state index contributed by atoms with van der Waals surface area (Å²) in [4.78, 5) is 4.82. The normalized spacial score (nSPS) is 10.9. The zero-order valence-electron chi connectivity index (χ0n) is 18.2. The van der Waals surface area contributed by atoms with Gasteiger partial charge in [0.1, 0.15) is 30.5 Å². The van der Waals surface area contributed by atoms with Crippen molar-refractivity contribution in [3.63, 3.8) is 0 Å². The SMILES string of the molecule is C=CCc1ccccc1OCCn1c(COc2cc(C)ccc2C)nc2ccccc21. The average molecular weight is 413 g/mol. The summed E-state index contributed by atoms with van der Waals surface area (Å²) in [6.45, 7) is 9.62. The summed E-state index contributed by atoms with van der Waals surface area (Å²) in [6, 6.07) is 22.5. The lowest BCUT2D eigenvalue weighted by molar-refractivity contribution is 0.270. The van der Waals surface area contributed by atoms with Crippen LogP contribution in [-0.2, 0) is 19.6 Å². The van der Waals surface area contributed by atoms with E-state index < -0.39 is 0 Å². The third-order valence-corrected chi connectivity index (χ3v) is 5.34. The molecule has 0 fully saturated rings. The van der Waals surface area contributed by atoms with Crippen molar-refractivity contribution in [2.45, 2.75) is 33.4 Å². The van der Waals surface area contributed by atoms with E-state index in [0.717, 1.165) is 45.9 Å². The second kappa shape index (κ2) is 9.52. The van der Waals surface area contributed by atoms with Crippen molar-refractivity contribution >= 4 is 11.0 Å². The standard InChI is InChI=1S/C27H28N2O2/c1-4-9-22-10-5-8-13-25(22)30-17-16-29-24-12-7-6-11-23(24)28-27(29)19-31-26-18-20(2)14-15-21(26)3/h4-8,10-15,18H,1,9,16-17,19H2,2-3H3. The van der Waals surface area contributed by atoms with E-state index in [2.05, 4.69) is 55.3 Å². The minimum atomic E-state index is 0.409. The molecule has 3 aromatic carbocycles. The van der Waals surface area contributed by atoms with Crippen LogP contribution in [0.4, 0.5) is 0 Å². The highest BCUT2D eigenvalue weighted by atomic mass is 16.5. The van der Waals surface area contributed by atoms with Gasteiger partial charge in [0.2, 0.25) is 0 Å². The summed E-state index contributed by atoms with van der Waals surface area (Å²) in [5.74, 6) is 2.69. The van der Waals surface area contributed by atoms with Gasteiger partial charge in [-0.05, 0) is 61.2 Å². The first-order valence-electron chi connectivity index (χ1n) is 10.6. The molecule has 0 aliphatic rings. The van der Waals surface area contributed by atoms with Crippen molar-refractivity contribution < 1.29 is 9.47 Å². The number of imidazole rings is 1. The molecule has 4 aromatic rings. The monoisotopic (exact) mass is 412 g/mol. The summed E-state index contributed by atoms with van der Waals surface area (Å²) >= 11 is 0. The number of rotatable bonds is 9. The van der Waals surface area contributed by atoms with Gasteiger partial charge in [-0.3, -0.25) is 0 Å². The summed E-state index contributed by atoms with van der Waals surface area (Å²) in [6.07, 6.45) is 2.69. The molecule has 31 heavy (non-hydrogen) atoms. The van der Waals surface area contributed by atoms with E-state index in [0.29, 0.717) is 19.8 Å². The lowest BCUT2D eigenvalue weighted by atomic mass is 10.1. The number of benzene rings is 3. The Labute approximate surface area is 183 Å². The molecule has 0 spiro atoms. The van der Waals surface area contributed by atoms with Crippen LogP contribution in [0.25, 0.3) is 11.0 Å². The van der Waals surface area contributed by atoms with Crippen molar-refractivity contribution in [2.75, 3.05) is 6.61 Å². The molecule has 1 aromatic heterocycles. The quantitative estimate of drug-likeness (QED) is 0.315. The highest BCUT2D eigenvalue weighted by Crippen LogP contribution is 2.23. The van der Waals surface area contributed by atoms with Crippen LogP contribution < -0.4 is 9.47 Å². The lowest BCUT2D eigenvalue weighted by Gasteiger charge is -2.14. The van der Waals surface area contributed by atoms with Crippen molar-refractivity contribution in [1.29, 1.82) is 0 Å². The first-order chi connectivity index (χ1) is 15.2. The fourth-order valence-electron chi connectivity index (χ4n) is 3.71. The van der Waals surface area contributed by atoms with Crippen LogP contribution in [0.1, 0.15) is 22.5 Å². The van der Waals surface area contributed by atoms with E-state index in [-0.39, 0.29) is 0 Å². The van der Waals surface area contributed by atoms with Gasteiger partial charge in [0.05, 0.1) is 17.6 Å². The Morgan fingerprint density at radius 2 is 1.74 bits per heavy atom. The number of para-hydroxylation sites is 3. The second-order valence-corrected chi connectivity index (χ2v) is 7.67. The van der Waals surface area contributed by atoms with E-state index in [1.165, 1.54) is 5.56 Å². The highest BCUT2D eigenvalue weighted by Gasteiger charge is 2.12. The van der Waals surface area contributed by atoms with E-state index in [9.17, 15) is 0 Å². The number of hydrogen-bond donors (Lipinski definition) is 0. The Balaban J connectivity index is 1.53. The van der Waals surface area contributed by atoms with Gasteiger partial charge in [-0.1, -0.05) is 48.5 Å². The number of hydrogen-bond acceptors (Lipinski definition) is 3. The van der Waals surface area contributed by atoms with Crippen molar-refractivity contribution in [3.8, 4) is 11.5 Å². The molecular formula is C27H28N2O2. The molecule has 0 atom stereocenters. The van der Waals surface area contributed by atoms with Gasteiger partial charge in [-0.25, -0.2) is 4.98 Å². The Kier molecular flexibility index (Phi) is 6.37. The van der Waals surface area contributed by atoms with Crippen molar-refractivity contribution in [3.05, 3.63) is 102 Å².